The number of carbonyl (C=O) groups is 1. The first-order valence-electron chi connectivity index (χ1n) is 6.56. The van der Waals surface area contributed by atoms with Gasteiger partial charge in [0.2, 0.25) is 0 Å². The van der Waals surface area contributed by atoms with Gasteiger partial charge in [0.1, 0.15) is 11.5 Å². The second-order valence-corrected chi connectivity index (χ2v) is 5.40. The Morgan fingerprint density at radius 3 is 2.64 bits per heavy atom. The number of hydrogen-bond acceptors (Lipinski definition) is 3. The average molecular weight is 340 g/mol. The quantitative estimate of drug-likeness (QED) is 0.877. The number of hydrogen-bond donors (Lipinski definition) is 1. The van der Waals surface area contributed by atoms with Gasteiger partial charge in [0.25, 0.3) is 5.91 Å². The summed E-state index contributed by atoms with van der Waals surface area (Å²) in [6, 6.07) is 11.9. The minimum absolute atomic E-state index is 0.292. The third-order valence-electron chi connectivity index (χ3n) is 2.90. The van der Waals surface area contributed by atoms with Crippen LogP contribution < -0.4 is 14.8 Å². The molecule has 0 aliphatic carbocycles. The van der Waals surface area contributed by atoms with Crippen LogP contribution in [0.5, 0.6) is 11.5 Å². The molecule has 4 nitrogen and oxygen atoms in total. The van der Waals surface area contributed by atoms with Crippen molar-refractivity contribution in [1.29, 1.82) is 0 Å². The molecule has 6 heteroatoms. The summed E-state index contributed by atoms with van der Waals surface area (Å²) >= 11 is 11.8. The zero-order valence-electron chi connectivity index (χ0n) is 12.1. The lowest BCUT2D eigenvalue weighted by molar-refractivity contribution is -0.122. The first-order chi connectivity index (χ1) is 10.5. The Hall–Kier alpha value is -1.91. The molecule has 0 saturated carbocycles. The van der Waals surface area contributed by atoms with Crippen molar-refractivity contribution in [1.82, 2.24) is 0 Å². The number of anilines is 1. The number of rotatable bonds is 5. The molecule has 0 heterocycles. The van der Waals surface area contributed by atoms with Crippen LogP contribution in [0.3, 0.4) is 0 Å². The van der Waals surface area contributed by atoms with Crippen LogP contribution >= 0.6 is 23.2 Å². The van der Waals surface area contributed by atoms with Gasteiger partial charge in [0.15, 0.2) is 6.10 Å². The number of nitrogens with one attached hydrogen (secondary N) is 1. The largest absolute Gasteiger partial charge is 0.497 e. The molecule has 2 rings (SSSR count). The van der Waals surface area contributed by atoms with Gasteiger partial charge < -0.3 is 14.8 Å². The van der Waals surface area contributed by atoms with Crippen molar-refractivity contribution in [2.24, 2.45) is 0 Å². The summed E-state index contributed by atoms with van der Waals surface area (Å²) in [5.41, 5.74) is 0.627. The molecule has 0 aliphatic rings. The second-order valence-electron chi connectivity index (χ2n) is 4.56. The van der Waals surface area contributed by atoms with Gasteiger partial charge in [-0.3, -0.25) is 4.79 Å². The van der Waals surface area contributed by atoms with E-state index >= 15 is 0 Å². The van der Waals surface area contributed by atoms with E-state index in [1.165, 1.54) is 0 Å². The van der Waals surface area contributed by atoms with Crippen LogP contribution in [0, 0.1) is 0 Å². The van der Waals surface area contributed by atoms with Crippen LogP contribution in [0.15, 0.2) is 42.5 Å². The third-order valence-corrected chi connectivity index (χ3v) is 3.43. The molecule has 0 unspecified atom stereocenters. The van der Waals surface area contributed by atoms with E-state index in [1.807, 2.05) is 0 Å². The van der Waals surface area contributed by atoms with E-state index in [-0.39, 0.29) is 5.91 Å². The summed E-state index contributed by atoms with van der Waals surface area (Å²) in [6.07, 6.45) is -0.718. The van der Waals surface area contributed by atoms with E-state index in [2.05, 4.69) is 5.32 Å². The molecule has 2 aromatic carbocycles. The van der Waals surface area contributed by atoms with Gasteiger partial charge in [0.05, 0.1) is 12.1 Å². The molecule has 0 bridgehead atoms. The fourth-order valence-corrected chi connectivity index (χ4v) is 2.21. The molecule has 116 valence electrons. The first kappa shape index (κ1) is 16.5. The maximum Gasteiger partial charge on any atom is 0.265 e. The normalized spacial score (nSPS) is 11.6. The number of halogens is 2. The highest BCUT2D eigenvalue weighted by Crippen LogP contribution is 2.28. The topological polar surface area (TPSA) is 47.6 Å². The van der Waals surface area contributed by atoms with E-state index in [9.17, 15) is 4.79 Å². The summed E-state index contributed by atoms with van der Waals surface area (Å²) < 4.78 is 10.7. The van der Waals surface area contributed by atoms with Crippen molar-refractivity contribution >= 4 is 34.8 Å². The highest BCUT2D eigenvalue weighted by atomic mass is 35.5. The summed E-state index contributed by atoms with van der Waals surface area (Å²) in [7, 11) is 1.56. The molecule has 2 aromatic rings. The second kappa shape index (κ2) is 7.38. The van der Waals surface area contributed by atoms with Gasteiger partial charge in [-0.1, -0.05) is 29.3 Å². The molecule has 1 N–H and O–H groups in total. The van der Waals surface area contributed by atoms with Crippen molar-refractivity contribution in [3.63, 3.8) is 0 Å². The number of benzene rings is 2. The molecule has 1 amide bonds. The van der Waals surface area contributed by atoms with E-state index in [0.717, 1.165) is 0 Å². The summed E-state index contributed by atoms with van der Waals surface area (Å²) in [5, 5.41) is 3.61. The zero-order chi connectivity index (χ0) is 16.1. The zero-order valence-corrected chi connectivity index (χ0v) is 13.6. The van der Waals surface area contributed by atoms with Gasteiger partial charge in [-0.25, -0.2) is 0 Å². The predicted molar refractivity (Wildman–Crippen MR) is 88.2 cm³/mol. The number of amides is 1. The van der Waals surface area contributed by atoms with E-state index in [0.29, 0.717) is 27.2 Å². The maximum atomic E-state index is 12.1. The van der Waals surface area contributed by atoms with Crippen LogP contribution in [0.2, 0.25) is 10.0 Å². The summed E-state index contributed by atoms with van der Waals surface area (Å²) in [4.78, 5) is 12.1. The maximum absolute atomic E-state index is 12.1. The Morgan fingerprint density at radius 2 is 1.95 bits per heavy atom. The van der Waals surface area contributed by atoms with Crippen LogP contribution in [0.25, 0.3) is 0 Å². The van der Waals surface area contributed by atoms with Crippen LogP contribution in [0.4, 0.5) is 5.69 Å². The minimum Gasteiger partial charge on any atom is -0.497 e. The Bertz CT molecular complexity index is 676. The standard InChI is InChI=1S/C16H15Cl2NO3/c1-10(22-15-7-6-11(17)8-14(15)18)16(20)19-12-4-3-5-13(9-12)21-2/h3-10H,1-2H3,(H,19,20)/t10-/m1/s1. The molecule has 0 radical (unpaired) electrons. The fourth-order valence-electron chi connectivity index (χ4n) is 1.76. The van der Waals surface area contributed by atoms with Gasteiger partial charge in [-0.2, -0.15) is 0 Å². The minimum atomic E-state index is -0.718. The number of ether oxygens (including phenoxy) is 2. The molecule has 0 spiro atoms. The highest BCUT2D eigenvalue weighted by molar-refractivity contribution is 6.35. The Kier molecular flexibility index (Phi) is 5.52. The van der Waals surface area contributed by atoms with E-state index in [1.54, 1.807) is 56.5 Å². The number of methoxy groups -OCH3 is 1. The SMILES string of the molecule is COc1cccc(NC(=O)[C@@H](C)Oc2ccc(Cl)cc2Cl)c1. The molecule has 1 atom stereocenters. The molecule has 0 aromatic heterocycles. The Balaban J connectivity index is 2.02. The van der Waals surface area contributed by atoms with E-state index < -0.39 is 6.10 Å². The van der Waals surface area contributed by atoms with Crippen molar-refractivity contribution in [3.8, 4) is 11.5 Å². The van der Waals surface area contributed by atoms with E-state index in [4.69, 9.17) is 32.7 Å². The summed E-state index contributed by atoms with van der Waals surface area (Å²) in [5.74, 6) is 0.769. The van der Waals surface area contributed by atoms with Crippen LogP contribution in [-0.2, 0) is 4.79 Å². The van der Waals surface area contributed by atoms with Gasteiger partial charge in [-0.05, 0) is 37.3 Å². The fraction of sp³-hybridized carbons (Fsp3) is 0.188. The molecular weight excluding hydrogens is 325 g/mol. The molecule has 0 fully saturated rings. The predicted octanol–water partition coefficient (Wildman–Crippen LogP) is 4.41. The molecule has 0 saturated heterocycles. The van der Waals surface area contributed by atoms with Gasteiger partial charge >= 0.3 is 0 Å². The van der Waals surface area contributed by atoms with Gasteiger partial charge in [-0.15, -0.1) is 0 Å². The first-order valence-corrected chi connectivity index (χ1v) is 7.32. The average Bonchev–Trinajstić information content (AvgIpc) is 2.50. The lowest BCUT2D eigenvalue weighted by atomic mass is 10.2. The molecule has 22 heavy (non-hydrogen) atoms. The number of carbonyl (C=O) groups excluding carboxylic acids is 1. The van der Waals surface area contributed by atoms with Crippen molar-refractivity contribution in [2.45, 2.75) is 13.0 Å². The van der Waals surface area contributed by atoms with Crippen molar-refractivity contribution < 1.29 is 14.3 Å². The molecule has 0 aliphatic heterocycles. The Morgan fingerprint density at radius 1 is 1.18 bits per heavy atom. The smallest absolute Gasteiger partial charge is 0.265 e. The van der Waals surface area contributed by atoms with Crippen LogP contribution in [0.1, 0.15) is 6.92 Å². The summed E-state index contributed by atoms with van der Waals surface area (Å²) in [6.45, 7) is 1.64. The third kappa shape index (κ3) is 4.29. The van der Waals surface area contributed by atoms with Crippen LogP contribution in [-0.4, -0.2) is 19.1 Å². The van der Waals surface area contributed by atoms with Crippen molar-refractivity contribution in [2.75, 3.05) is 12.4 Å². The molecular formula is C16H15Cl2NO3. The Labute approximate surface area is 138 Å². The van der Waals surface area contributed by atoms with Crippen molar-refractivity contribution in [3.05, 3.63) is 52.5 Å². The highest BCUT2D eigenvalue weighted by Gasteiger charge is 2.16. The van der Waals surface area contributed by atoms with Gasteiger partial charge in [0, 0.05) is 16.8 Å². The lowest BCUT2D eigenvalue weighted by Gasteiger charge is -2.16. The lowest BCUT2D eigenvalue weighted by Crippen LogP contribution is -2.30. The monoisotopic (exact) mass is 339 g/mol.